The Hall–Kier alpha value is -2.78. The van der Waals surface area contributed by atoms with Gasteiger partial charge in [0.15, 0.2) is 0 Å². The van der Waals surface area contributed by atoms with E-state index in [1.165, 1.54) is 40.7 Å². The maximum Gasteiger partial charge on any atom is 0.269 e. The van der Waals surface area contributed by atoms with Gasteiger partial charge in [-0.25, -0.2) is 8.42 Å². The van der Waals surface area contributed by atoms with Crippen LogP contribution in [0.15, 0.2) is 53.4 Å². The Morgan fingerprint density at radius 3 is 2.37 bits per heavy atom. The van der Waals surface area contributed by atoms with Crippen LogP contribution in [0, 0.1) is 17.0 Å². The highest BCUT2D eigenvalue weighted by atomic mass is 32.2. The molecule has 0 unspecified atom stereocenters. The topological polar surface area (TPSA) is 110 Å². The van der Waals surface area contributed by atoms with Gasteiger partial charge in [-0.15, -0.1) is 0 Å². The highest BCUT2D eigenvalue weighted by Crippen LogP contribution is 2.27. The summed E-state index contributed by atoms with van der Waals surface area (Å²) in [6.07, 6.45) is 1.01. The van der Waals surface area contributed by atoms with Gasteiger partial charge in [0.1, 0.15) is 6.04 Å². The number of non-ortho nitro benzene ring substituents is 1. The number of anilines is 1. The summed E-state index contributed by atoms with van der Waals surface area (Å²) >= 11 is 0. The van der Waals surface area contributed by atoms with Gasteiger partial charge in [0.2, 0.25) is 15.9 Å². The number of amides is 1. The summed E-state index contributed by atoms with van der Waals surface area (Å²) in [6.45, 7) is 2.14. The lowest BCUT2D eigenvalue weighted by atomic mass is 10.2. The third kappa shape index (κ3) is 3.99. The van der Waals surface area contributed by atoms with Crippen molar-refractivity contribution in [3.05, 3.63) is 64.2 Å². The molecule has 142 valence electrons. The maximum absolute atomic E-state index is 12.9. The fraction of sp³-hybridized carbons (Fsp3) is 0.278. The van der Waals surface area contributed by atoms with E-state index in [1.54, 1.807) is 12.1 Å². The highest BCUT2D eigenvalue weighted by Gasteiger charge is 2.39. The van der Waals surface area contributed by atoms with Crippen molar-refractivity contribution >= 4 is 27.3 Å². The summed E-state index contributed by atoms with van der Waals surface area (Å²) in [5.74, 6) is -0.447. The Kier molecular flexibility index (Phi) is 5.24. The van der Waals surface area contributed by atoms with Crippen LogP contribution in [0.1, 0.15) is 18.4 Å². The van der Waals surface area contributed by atoms with Gasteiger partial charge in [-0.1, -0.05) is 17.7 Å². The fourth-order valence-electron chi connectivity index (χ4n) is 3.03. The van der Waals surface area contributed by atoms with Gasteiger partial charge in [-0.05, 0) is 44.0 Å². The Morgan fingerprint density at radius 1 is 1.15 bits per heavy atom. The highest BCUT2D eigenvalue weighted by molar-refractivity contribution is 7.89. The molecule has 0 saturated carbocycles. The first-order chi connectivity index (χ1) is 12.8. The Labute approximate surface area is 157 Å². The molecule has 1 saturated heterocycles. The molecule has 0 bridgehead atoms. The number of aryl methyl sites for hydroxylation is 1. The summed E-state index contributed by atoms with van der Waals surface area (Å²) in [4.78, 5) is 22.9. The van der Waals surface area contributed by atoms with Crippen LogP contribution in [0.3, 0.4) is 0 Å². The Morgan fingerprint density at radius 2 is 1.78 bits per heavy atom. The molecule has 0 spiro atoms. The van der Waals surface area contributed by atoms with Crippen LogP contribution >= 0.6 is 0 Å². The quantitative estimate of drug-likeness (QED) is 0.624. The summed E-state index contributed by atoms with van der Waals surface area (Å²) < 4.78 is 27.0. The van der Waals surface area contributed by atoms with Gasteiger partial charge in [0.05, 0.1) is 9.82 Å². The van der Waals surface area contributed by atoms with Crippen LogP contribution in [0.5, 0.6) is 0 Å². The summed E-state index contributed by atoms with van der Waals surface area (Å²) in [5, 5.41) is 13.3. The van der Waals surface area contributed by atoms with Gasteiger partial charge < -0.3 is 5.32 Å². The van der Waals surface area contributed by atoms with Gasteiger partial charge in [0, 0.05) is 24.4 Å². The predicted molar refractivity (Wildman–Crippen MR) is 99.8 cm³/mol. The molecule has 8 nitrogen and oxygen atoms in total. The molecule has 1 amide bonds. The molecule has 1 heterocycles. The number of carbonyl (C=O) groups excluding carboxylic acids is 1. The second-order valence-electron chi connectivity index (χ2n) is 6.38. The van der Waals surface area contributed by atoms with Crippen molar-refractivity contribution in [2.45, 2.75) is 30.7 Å². The number of sulfonamides is 1. The van der Waals surface area contributed by atoms with E-state index in [9.17, 15) is 23.3 Å². The number of nitro groups is 1. The summed E-state index contributed by atoms with van der Waals surface area (Å²) in [5.41, 5.74) is 1.24. The van der Waals surface area contributed by atoms with E-state index in [-0.39, 0.29) is 17.1 Å². The molecule has 3 rings (SSSR count). The van der Waals surface area contributed by atoms with Gasteiger partial charge in [0.25, 0.3) is 5.69 Å². The third-order valence-electron chi connectivity index (χ3n) is 4.48. The van der Waals surface area contributed by atoms with Gasteiger partial charge in [-0.3, -0.25) is 14.9 Å². The van der Waals surface area contributed by atoms with Gasteiger partial charge >= 0.3 is 0 Å². The van der Waals surface area contributed by atoms with Crippen LogP contribution in [-0.4, -0.2) is 36.1 Å². The molecule has 9 heteroatoms. The first-order valence-electron chi connectivity index (χ1n) is 8.43. The smallest absolute Gasteiger partial charge is 0.269 e. The molecule has 1 aliphatic heterocycles. The zero-order chi connectivity index (χ0) is 19.6. The van der Waals surface area contributed by atoms with Crippen molar-refractivity contribution in [1.82, 2.24) is 4.31 Å². The molecular formula is C18H19N3O5S. The molecule has 2 aromatic carbocycles. The molecule has 0 radical (unpaired) electrons. The number of carbonyl (C=O) groups is 1. The van der Waals surface area contributed by atoms with Crippen molar-refractivity contribution in [3.63, 3.8) is 0 Å². The molecule has 1 atom stereocenters. The molecule has 1 aliphatic rings. The zero-order valence-electron chi connectivity index (χ0n) is 14.7. The summed E-state index contributed by atoms with van der Waals surface area (Å²) in [7, 11) is -3.78. The molecular weight excluding hydrogens is 370 g/mol. The van der Waals surface area contributed by atoms with Crippen LogP contribution in [0.2, 0.25) is 0 Å². The lowest BCUT2D eigenvalue weighted by Gasteiger charge is -2.23. The third-order valence-corrected chi connectivity index (χ3v) is 6.40. The van der Waals surface area contributed by atoms with E-state index in [0.717, 1.165) is 5.56 Å². The normalized spacial score (nSPS) is 17.6. The minimum absolute atomic E-state index is 0.0857. The average molecular weight is 389 g/mol. The monoisotopic (exact) mass is 389 g/mol. The second-order valence-corrected chi connectivity index (χ2v) is 8.27. The molecule has 0 aliphatic carbocycles. The minimum Gasteiger partial charge on any atom is -0.325 e. The lowest BCUT2D eigenvalue weighted by molar-refractivity contribution is -0.384. The van der Waals surface area contributed by atoms with Crippen molar-refractivity contribution in [2.24, 2.45) is 0 Å². The molecule has 27 heavy (non-hydrogen) atoms. The van der Waals surface area contributed by atoms with Crippen molar-refractivity contribution in [1.29, 1.82) is 0 Å². The number of nitrogens with one attached hydrogen (secondary N) is 1. The predicted octanol–water partition coefficient (Wildman–Crippen LogP) is 2.70. The van der Waals surface area contributed by atoms with Crippen molar-refractivity contribution < 1.29 is 18.1 Å². The van der Waals surface area contributed by atoms with Crippen LogP contribution in [0.25, 0.3) is 0 Å². The standard InChI is InChI=1S/C18H19N3O5S/c1-13-4-10-16(11-5-13)27(25,26)20-12-2-3-17(20)18(22)19-14-6-8-15(9-7-14)21(23)24/h4-11,17H,2-3,12H2,1H3,(H,19,22)/t17-/m1/s1. The Balaban J connectivity index is 1.78. The minimum atomic E-state index is -3.78. The average Bonchev–Trinajstić information content (AvgIpc) is 3.13. The Bertz CT molecular complexity index is 955. The van der Waals surface area contributed by atoms with Crippen LogP contribution < -0.4 is 5.32 Å². The number of benzene rings is 2. The summed E-state index contributed by atoms with van der Waals surface area (Å²) in [6, 6.07) is 11.1. The fourth-order valence-corrected chi connectivity index (χ4v) is 4.68. The number of hydrogen-bond acceptors (Lipinski definition) is 5. The number of nitrogens with zero attached hydrogens (tertiary/aromatic N) is 2. The van der Waals surface area contributed by atoms with Crippen LogP contribution in [-0.2, 0) is 14.8 Å². The van der Waals surface area contributed by atoms with E-state index in [1.807, 2.05) is 6.92 Å². The largest absolute Gasteiger partial charge is 0.325 e. The second kappa shape index (κ2) is 7.45. The lowest BCUT2D eigenvalue weighted by Crippen LogP contribution is -2.43. The zero-order valence-corrected chi connectivity index (χ0v) is 15.5. The molecule has 0 aromatic heterocycles. The van der Waals surface area contributed by atoms with E-state index in [2.05, 4.69) is 5.32 Å². The first-order valence-corrected chi connectivity index (χ1v) is 9.87. The van der Waals surface area contributed by atoms with E-state index >= 15 is 0 Å². The maximum atomic E-state index is 12.9. The van der Waals surface area contributed by atoms with Crippen molar-refractivity contribution in [3.8, 4) is 0 Å². The number of nitro benzene ring substituents is 1. The van der Waals surface area contributed by atoms with E-state index < -0.39 is 26.9 Å². The molecule has 1 N–H and O–H groups in total. The van der Waals surface area contributed by atoms with E-state index in [0.29, 0.717) is 18.5 Å². The van der Waals surface area contributed by atoms with Gasteiger partial charge in [-0.2, -0.15) is 4.31 Å². The van der Waals surface area contributed by atoms with E-state index in [4.69, 9.17) is 0 Å². The van der Waals surface area contributed by atoms with Crippen molar-refractivity contribution in [2.75, 3.05) is 11.9 Å². The number of rotatable bonds is 5. The first kappa shape index (κ1) is 19.0. The SMILES string of the molecule is Cc1ccc(S(=O)(=O)N2CCC[C@@H]2C(=O)Nc2ccc([N+](=O)[O-])cc2)cc1. The molecule has 1 fully saturated rings. The van der Waals surface area contributed by atoms with Crippen LogP contribution in [0.4, 0.5) is 11.4 Å². The number of hydrogen-bond donors (Lipinski definition) is 1. The molecule has 2 aromatic rings.